The number of thiophene rings is 1. The smallest absolute Gasteiger partial charge is 0.199 e. The van der Waals surface area contributed by atoms with Crippen LogP contribution >= 0.6 is 11.3 Å². The van der Waals surface area contributed by atoms with Crippen LogP contribution in [0.15, 0.2) is 41.0 Å². The van der Waals surface area contributed by atoms with E-state index in [9.17, 15) is 0 Å². The van der Waals surface area contributed by atoms with Crippen molar-refractivity contribution >= 4 is 27.4 Å². The Morgan fingerprint density at radius 2 is 2.17 bits per heavy atom. The van der Waals surface area contributed by atoms with Crippen molar-refractivity contribution in [3.8, 4) is 11.6 Å². The Kier molecular flexibility index (Phi) is 5.27. The molecule has 5 nitrogen and oxygen atoms in total. The highest BCUT2D eigenvalue weighted by Gasteiger charge is 2.14. The first-order valence-electron chi connectivity index (χ1n) is 8.27. The van der Waals surface area contributed by atoms with Crippen LogP contribution < -0.4 is 5.73 Å². The van der Waals surface area contributed by atoms with E-state index in [0.717, 1.165) is 36.3 Å². The molecule has 0 bridgehead atoms. The Morgan fingerprint density at radius 3 is 2.88 bits per heavy atom. The molecule has 4 rings (SSSR count). The van der Waals surface area contributed by atoms with Gasteiger partial charge in [-0.05, 0) is 24.6 Å². The quantitative estimate of drug-likeness (QED) is 0.718. The summed E-state index contributed by atoms with van der Waals surface area (Å²) in [5.74, 6) is 1.70. The number of hydrogen-bond donors (Lipinski definition) is 1. The summed E-state index contributed by atoms with van der Waals surface area (Å²) in [4.78, 5) is 13.6. The molecule has 0 spiro atoms. The molecule has 3 aromatic heterocycles. The van der Waals surface area contributed by atoms with Crippen LogP contribution in [0.2, 0.25) is 0 Å². The Bertz CT molecular complexity index is 823. The van der Waals surface area contributed by atoms with Crippen LogP contribution in [0.3, 0.4) is 0 Å². The lowest BCUT2D eigenvalue weighted by Gasteiger charge is -2.21. The van der Waals surface area contributed by atoms with Crippen molar-refractivity contribution < 1.29 is 4.42 Å². The molecule has 0 saturated heterocycles. The lowest BCUT2D eigenvalue weighted by Crippen LogP contribution is -2.26. The van der Waals surface area contributed by atoms with Gasteiger partial charge in [0, 0.05) is 24.5 Å². The maximum Gasteiger partial charge on any atom is 0.199 e. The topological polar surface area (TPSA) is 68.2 Å². The van der Waals surface area contributed by atoms with E-state index < -0.39 is 0 Å². The summed E-state index contributed by atoms with van der Waals surface area (Å²) in [5.41, 5.74) is 6.10. The summed E-state index contributed by atoms with van der Waals surface area (Å²) in [6.45, 7) is 7.04. The normalized spacial score (nSPS) is 14.6. The van der Waals surface area contributed by atoms with Gasteiger partial charge in [-0.15, -0.1) is 11.3 Å². The van der Waals surface area contributed by atoms with Crippen LogP contribution in [-0.4, -0.2) is 28.0 Å². The maximum absolute atomic E-state index is 6.10. The summed E-state index contributed by atoms with van der Waals surface area (Å²) < 4.78 is 5.36. The molecule has 0 aromatic carbocycles. The van der Waals surface area contributed by atoms with Gasteiger partial charge in [0.25, 0.3) is 0 Å². The summed E-state index contributed by atoms with van der Waals surface area (Å²) in [6.07, 6.45) is 7.19. The van der Waals surface area contributed by atoms with Gasteiger partial charge in [-0.25, -0.2) is 9.97 Å². The van der Waals surface area contributed by atoms with E-state index in [4.69, 9.17) is 10.2 Å². The summed E-state index contributed by atoms with van der Waals surface area (Å²) >= 11 is 1.68. The lowest BCUT2D eigenvalue weighted by molar-refractivity contribution is 0.293. The van der Waals surface area contributed by atoms with Gasteiger partial charge in [0.1, 0.15) is 10.6 Å². The SMILES string of the molecule is CC.Nc1nc(-c2ccco2)nc2sc(CN3CC=CCC3)cc12. The highest BCUT2D eigenvalue weighted by molar-refractivity contribution is 7.18. The van der Waals surface area contributed by atoms with E-state index in [1.54, 1.807) is 17.6 Å². The fourth-order valence-corrected chi connectivity index (χ4v) is 3.72. The Hall–Kier alpha value is -2.18. The fourth-order valence-electron chi connectivity index (χ4n) is 2.64. The highest BCUT2D eigenvalue weighted by Crippen LogP contribution is 2.31. The molecule has 0 aliphatic carbocycles. The molecule has 0 saturated carbocycles. The zero-order valence-electron chi connectivity index (χ0n) is 14.0. The van der Waals surface area contributed by atoms with E-state index in [1.807, 2.05) is 26.0 Å². The van der Waals surface area contributed by atoms with Crippen LogP contribution in [0.1, 0.15) is 25.1 Å². The Morgan fingerprint density at radius 1 is 1.29 bits per heavy atom. The second kappa shape index (κ2) is 7.59. The number of furan rings is 1. The zero-order chi connectivity index (χ0) is 16.9. The molecule has 0 amide bonds. The molecule has 1 aliphatic heterocycles. The van der Waals surface area contributed by atoms with Crippen molar-refractivity contribution in [2.45, 2.75) is 26.8 Å². The standard InChI is InChI=1S/C16H16N4OS.C2H6/c17-14-12-9-11(10-20-6-2-1-3-7-20)22-16(12)19-15(18-14)13-5-4-8-21-13;1-2/h1-2,4-5,8-9H,3,6-7,10H2,(H2,17,18,19);1-2H3. The summed E-state index contributed by atoms with van der Waals surface area (Å²) in [6, 6.07) is 5.78. The number of nitrogens with two attached hydrogens (primary N) is 1. The van der Waals surface area contributed by atoms with Crippen LogP contribution in [-0.2, 0) is 6.54 Å². The molecule has 2 N–H and O–H groups in total. The van der Waals surface area contributed by atoms with Crippen molar-refractivity contribution in [3.05, 3.63) is 41.5 Å². The largest absolute Gasteiger partial charge is 0.461 e. The van der Waals surface area contributed by atoms with Gasteiger partial charge in [0.15, 0.2) is 11.6 Å². The maximum atomic E-state index is 6.10. The average molecular weight is 342 g/mol. The highest BCUT2D eigenvalue weighted by atomic mass is 32.1. The van der Waals surface area contributed by atoms with Crippen molar-refractivity contribution in [1.29, 1.82) is 0 Å². The van der Waals surface area contributed by atoms with E-state index in [0.29, 0.717) is 17.4 Å². The van der Waals surface area contributed by atoms with Gasteiger partial charge >= 0.3 is 0 Å². The molecule has 24 heavy (non-hydrogen) atoms. The van der Waals surface area contributed by atoms with Gasteiger partial charge in [-0.3, -0.25) is 4.90 Å². The third-order valence-electron chi connectivity index (χ3n) is 3.74. The minimum absolute atomic E-state index is 0.512. The van der Waals surface area contributed by atoms with Crippen molar-refractivity contribution in [1.82, 2.24) is 14.9 Å². The van der Waals surface area contributed by atoms with E-state index in [1.165, 1.54) is 4.88 Å². The number of hydrogen-bond acceptors (Lipinski definition) is 6. The van der Waals surface area contributed by atoms with Gasteiger partial charge in [-0.1, -0.05) is 26.0 Å². The third kappa shape index (κ3) is 3.49. The van der Waals surface area contributed by atoms with Gasteiger partial charge < -0.3 is 10.2 Å². The van der Waals surface area contributed by atoms with Crippen LogP contribution in [0.25, 0.3) is 21.8 Å². The number of aromatic nitrogens is 2. The number of rotatable bonds is 3. The molecule has 1 aliphatic rings. The molecule has 6 heteroatoms. The molecular weight excluding hydrogens is 320 g/mol. The minimum atomic E-state index is 0.512. The van der Waals surface area contributed by atoms with E-state index in [2.05, 4.69) is 33.1 Å². The van der Waals surface area contributed by atoms with Gasteiger partial charge in [0.05, 0.1) is 11.6 Å². The third-order valence-corrected chi connectivity index (χ3v) is 4.75. The van der Waals surface area contributed by atoms with Crippen molar-refractivity contribution in [2.24, 2.45) is 0 Å². The van der Waals surface area contributed by atoms with E-state index in [-0.39, 0.29) is 0 Å². The second-order valence-electron chi connectivity index (χ2n) is 5.34. The molecular formula is C18H22N4OS. The Labute approximate surface area is 145 Å². The van der Waals surface area contributed by atoms with E-state index >= 15 is 0 Å². The van der Waals surface area contributed by atoms with Crippen LogP contribution in [0, 0.1) is 0 Å². The molecule has 0 unspecified atom stereocenters. The number of nitrogens with zero attached hydrogens (tertiary/aromatic N) is 3. The number of anilines is 1. The Balaban J connectivity index is 0.000000815. The number of nitrogen functional groups attached to an aromatic ring is 1. The molecule has 4 heterocycles. The predicted molar refractivity (Wildman–Crippen MR) is 99.9 cm³/mol. The number of fused-ring (bicyclic) bond motifs is 1. The predicted octanol–water partition coefficient (Wildman–Crippen LogP) is 4.32. The fraction of sp³-hybridized carbons (Fsp3) is 0.333. The zero-order valence-corrected chi connectivity index (χ0v) is 14.8. The molecule has 0 atom stereocenters. The average Bonchev–Trinajstić information content (AvgIpc) is 3.27. The van der Waals surface area contributed by atoms with Gasteiger partial charge in [0.2, 0.25) is 0 Å². The first-order chi connectivity index (χ1) is 11.8. The monoisotopic (exact) mass is 342 g/mol. The first-order valence-corrected chi connectivity index (χ1v) is 9.08. The summed E-state index contributed by atoms with van der Waals surface area (Å²) in [7, 11) is 0. The molecule has 0 fully saturated rings. The van der Waals surface area contributed by atoms with Crippen molar-refractivity contribution in [2.75, 3.05) is 18.8 Å². The van der Waals surface area contributed by atoms with Crippen molar-refractivity contribution in [3.63, 3.8) is 0 Å². The lowest BCUT2D eigenvalue weighted by atomic mass is 10.2. The molecule has 0 radical (unpaired) electrons. The molecule has 3 aromatic rings. The second-order valence-corrected chi connectivity index (χ2v) is 6.45. The minimum Gasteiger partial charge on any atom is -0.461 e. The van der Waals surface area contributed by atoms with Gasteiger partial charge in [-0.2, -0.15) is 0 Å². The van der Waals surface area contributed by atoms with Crippen LogP contribution in [0.4, 0.5) is 5.82 Å². The summed E-state index contributed by atoms with van der Waals surface area (Å²) in [5, 5.41) is 0.933. The molecule has 126 valence electrons. The first kappa shape index (κ1) is 16.7. The van der Waals surface area contributed by atoms with Crippen LogP contribution in [0.5, 0.6) is 0 Å².